The van der Waals surface area contributed by atoms with Gasteiger partial charge >= 0.3 is 12.2 Å². The molecule has 0 saturated heterocycles. The van der Waals surface area contributed by atoms with E-state index in [2.05, 4.69) is 25.3 Å². The Hall–Kier alpha value is -2.17. The number of aromatic nitrogens is 4. The SMILES string of the molecule is Cc1cc(C(F)(F)F)n(C[C@@H](C)CNC(=O)Nc2cnns2)n1. The minimum Gasteiger partial charge on any atom is -0.338 e. The summed E-state index contributed by atoms with van der Waals surface area (Å²) in [5.74, 6) is -0.235. The van der Waals surface area contributed by atoms with E-state index in [9.17, 15) is 18.0 Å². The van der Waals surface area contributed by atoms with Crippen molar-refractivity contribution in [2.75, 3.05) is 11.9 Å². The van der Waals surface area contributed by atoms with Gasteiger partial charge in [-0.1, -0.05) is 11.4 Å². The monoisotopic (exact) mass is 348 g/mol. The summed E-state index contributed by atoms with van der Waals surface area (Å²) >= 11 is 1.02. The number of hydrogen-bond donors (Lipinski definition) is 2. The summed E-state index contributed by atoms with van der Waals surface area (Å²) < 4.78 is 43.2. The molecule has 2 aromatic rings. The van der Waals surface area contributed by atoms with Crippen molar-refractivity contribution in [3.63, 3.8) is 0 Å². The van der Waals surface area contributed by atoms with Crippen LogP contribution in [-0.2, 0) is 12.7 Å². The average Bonchev–Trinajstić information content (AvgIpc) is 3.05. The highest BCUT2D eigenvalue weighted by Gasteiger charge is 2.35. The van der Waals surface area contributed by atoms with Crippen LogP contribution in [0.4, 0.5) is 23.0 Å². The number of aryl methyl sites for hydroxylation is 1. The number of anilines is 1. The van der Waals surface area contributed by atoms with Crippen LogP contribution in [0.25, 0.3) is 0 Å². The first-order valence-corrected chi connectivity index (χ1v) is 7.47. The number of amides is 2. The highest BCUT2D eigenvalue weighted by Crippen LogP contribution is 2.30. The third kappa shape index (κ3) is 4.91. The molecule has 2 rings (SSSR count). The van der Waals surface area contributed by atoms with Gasteiger partial charge in [-0.15, -0.1) is 5.10 Å². The molecule has 11 heteroatoms. The van der Waals surface area contributed by atoms with Gasteiger partial charge in [-0.25, -0.2) is 4.79 Å². The van der Waals surface area contributed by atoms with E-state index in [4.69, 9.17) is 0 Å². The van der Waals surface area contributed by atoms with Crippen LogP contribution in [0.15, 0.2) is 12.3 Å². The topological polar surface area (TPSA) is 84.7 Å². The number of rotatable bonds is 5. The number of carbonyl (C=O) groups is 1. The highest BCUT2D eigenvalue weighted by atomic mass is 32.1. The summed E-state index contributed by atoms with van der Waals surface area (Å²) in [4.78, 5) is 11.6. The fourth-order valence-electron chi connectivity index (χ4n) is 1.92. The summed E-state index contributed by atoms with van der Waals surface area (Å²) in [6.07, 6.45) is -3.05. The number of alkyl halides is 3. The van der Waals surface area contributed by atoms with Gasteiger partial charge < -0.3 is 5.32 Å². The molecule has 0 radical (unpaired) electrons. The fourth-order valence-corrected chi connectivity index (χ4v) is 2.33. The number of urea groups is 1. The summed E-state index contributed by atoms with van der Waals surface area (Å²) in [6.45, 7) is 3.48. The summed E-state index contributed by atoms with van der Waals surface area (Å²) in [5, 5.41) is 13.0. The van der Waals surface area contributed by atoms with E-state index in [0.717, 1.165) is 22.3 Å². The Balaban J connectivity index is 1.87. The Labute approximate surface area is 134 Å². The zero-order valence-corrected chi connectivity index (χ0v) is 13.2. The maximum Gasteiger partial charge on any atom is 0.433 e. The molecule has 126 valence electrons. The molecule has 23 heavy (non-hydrogen) atoms. The quantitative estimate of drug-likeness (QED) is 0.869. The summed E-state index contributed by atoms with van der Waals surface area (Å²) in [6, 6.07) is 0.541. The van der Waals surface area contributed by atoms with E-state index in [1.807, 2.05) is 0 Å². The summed E-state index contributed by atoms with van der Waals surface area (Å²) in [7, 11) is 0. The highest BCUT2D eigenvalue weighted by molar-refractivity contribution is 7.10. The zero-order chi connectivity index (χ0) is 17.0. The van der Waals surface area contributed by atoms with E-state index in [-0.39, 0.29) is 19.0 Å². The normalized spacial score (nSPS) is 12.9. The van der Waals surface area contributed by atoms with E-state index in [1.165, 1.54) is 13.1 Å². The first-order chi connectivity index (χ1) is 10.8. The van der Waals surface area contributed by atoms with E-state index in [1.54, 1.807) is 6.92 Å². The second kappa shape index (κ2) is 6.94. The second-order valence-electron chi connectivity index (χ2n) is 5.07. The largest absolute Gasteiger partial charge is 0.433 e. The van der Waals surface area contributed by atoms with Crippen LogP contribution >= 0.6 is 11.5 Å². The molecule has 0 fully saturated rings. The van der Waals surface area contributed by atoms with Crippen LogP contribution in [0.2, 0.25) is 0 Å². The molecule has 0 saturated carbocycles. The maximum absolute atomic E-state index is 12.9. The van der Waals surface area contributed by atoms with Crippen molar-refractivity contribution in [2.24, 2.45) is 5.92 Å². The second-order valence-corrected chi connectivity index (χ2v) is 5.86. The van der Waals surface area contributed by atoms with Gasteiger partial charge in [-0.05, 0) is 18.9 Å². The van der Waals surface area contributed by atoms with Crippen molar-refractivity contribution in [1.29, 1.82) is 0 Å². The Kier molecular flexibility index (Phi) is 5.19. The lowest BCUT2D eigenvalue weighted by Gasteiger charge is -2.16. The van der Waals surface area contributed by atoms with Gasteiger partial charge in [0.1, 0.15) is 10.7 Å². The van der Waals surface area contributed by atoms with Crippen molar-refractivity contribution in [2.45, 2.75) is 26.6 Å². The van der Waals surface area contributed by atoms with Crippen LogP contribution in [0, 0.1) is 12.8 Å². The Morgan fingerprint density at radius 1 is 1.48 bits per heavy atom. The number of nitrogens with zero attached hydrogens (tertiary/aromatic N) is 4. The molecule has 2 amide bonds. The first-order valence-electron chi connectivity index (χ1n) is 6.69. The third-order valence-corrected chi connectivity index (χ3v) is 3.47. The van der Waals surface area contributed by atoms with Crippen molar-refractivity contribution >= 4 is 22.6 Å². The van der Waals surface area contributed by atoms with Crippen LogP contribution in [-0.4, -0.2) is 31.9 Å². The Bertz CT molecular complexity index is 654. The molecule has 0 aliphatic rings. The number of halogens is 3. The molecule has 0 unspecified atom stereocenters. The van der Waals surface area contributed by atoms with E-state index in [0.29, 0.717) is 10.7 Å². The molecule has 0 aromatic carbocycles. The third-order valence-electron chi connectivity index (χ3n) is 2.89. The standard InChI is InChI=1S/C12H15F3N6OS/c1-7(4-16-11(22)18-10-5-17-20-23-10)6-21-9(12(13,14)15)3-8(2)19-21/h3,5,7H,4,6H2,1-2H3,(H2,16,18,22)/t7-/m0/s1. The molecular formula is C12H15F3N6OS. The van der Waals surface area contributed by atoms with Crippen LogP contribution in [0.1, 0.15) is 18.3 Å². The lowest BCUT2D eigenvalue weighted by molar-refractivity contribution is -0.144. The van der Waals surface area contributed by atoms with Crippen LogP contribution in [0.5, 0.6) is 0 Å². The lowest BCUT2D eigenvalue weighted by atomic mass is 10.2. The minimum absolute atomic E-state index is 0.0467. The molecule has 0 spiro atoms. The predicted octanol–water partition coefficient (Wildman–Crippen LogP) is 2.52. The Morgan fingerprint density at radius 3 is 2.83 bits per heavy atom. The van der Waals surface area contributed by atoms with Crippen LogP contribution in [0.3, 0.4) is 0 Å². The van der Waals surface area contributed by atoms with E-state index < -0.39 is 17.9 Å². The molecule has 2 N–H and O–H groups in total. The van der Waals surface area contributed by atoms with Crippen molar-refractivity contribution in [3.05, 3.63) is 23.7 Å². The fraction of sp³-hybridized carbons (Fsp3) is 0.500. The van der Waals surface area contributed by atoms with Crippen LogP contribution < -0.4 is 10.6 Å². The molecule has 0 aliphatic heterocycles. The minimum atomic E-state index is -4.45. The van der Waals surface area contributed by atoms with Gasteiger partial charge in [-0.2, -0.15) is 18.3 Å². The molecule has 0 aliphatic carbocycles. The smallest absolute Gasteiger partial charge is 0.338 e. The van der Waals surface area contributed by atoms with Gasteiger partial charge in [0.05, 0.1) is 11.9 Å². The predicted molar refractivity (Wildman–Crippen MR) is 78.1 cm³/mol. The zero-order valence-electron chi connectivity index (χ0n) is 12.4. The number of carbonyl (C=O) groups excluding carboxylic acids is 1. The van der Waals surface area contributed by atoms with Crippen molar-refractivity contribution < 1.29 is 18.0 Å². The first kappa shape index (κ1) is 17.2. The maximum atomic E-state index is 12.9. The van der Waals surface area contributed by atoms with E-state index >= 15 is 0 Å². The Morgan fingerprint density at radius 2 is 2.22 bits per heavy atom. The van der Waals surface area contributed by atoms with Gasteiger partial charge in [-0.3, -0.25) is 10.00 Å². The average molecular weight is 348 g/mol. The molecule has 0 bridgehead atoms. The van der Waals surface area contributed by atoms with Crippen molar-refractivity contribution in [1.82, 2.24) is 24.7 Å². The number of nitrogens with one attached hydrogen (secondary N) is 2. The van der Waals surface area contributed by atoms with Gasteiger partial charge in [0.15, 0.2) is 0 Å². The van der Waals surface area contributed by atoms with Gasteiger partial charge in [0.25, 0.3) is 0 Å². The molecule has 1 atom stereocenters. The molecule has 7 nitrogen and oxygen atoms in total. The molecular weight excluding hydrogens is 333 g/mol. The lowest BCUT2D eigenvalue weighted by Crippen LogP contribution is -2.33. The van der Waals surface area contributed by atoms with Crippen molar-refractivity contribution in [3.8, 4) is 0 Å². The van der Waals surface area contributed by atoms with Gasteiger partial charge in [0, 0.05) is 24.6 Å². The summed E-state index contributed by atoms with van der Waals surface area (Å²) in [5.41, 5.74) is -0.491. The molecule has 2 aromatic heterocycles. The van der Waals surface area contributed by atoms with Gasteiger partial charge in [0.2, 0.25) is 0 Å². The molecule has 2 heterocycles. The number of hydrogen-bond acceptors (Lipinski definition) is 5.